The highest BCUT2D eigenvalue weighted by Gasteiger charge is 2.19. The molecule has 0 aliphatic rings. The quantitative estimate of drug-likeness (QED) is 0.595. The maximum Gasteiger partial charge on any atom is 0.343 e. The van der Waals surface area contributed by atoms with E-state index in [1.165, 1.54) is 5.48 Å². The van der Waals surface area contributed by atoms with Crippen LogP contribution in [0, 0.1) is 6.92 Å². The maximum absolute atomic E-state index is 12.2. The van der Waals surface area contributed by atoms with Gasteiger partial charge in [0.25, 0.3) is 0 Å². The van der Waals surface area contributed by atoms with Crippen LogP contribution in [0.25, 0.3) is 10.8 Å². The van der Waals surface area contributed by atoms with E-state index in [0.717, 1.165) is 22.0 Å². The minimum atomic E-state index is -3.80. The van der Waals surface area contributed by atoms with Gasteiger partial charge in [0.2, 0.25) is 0 Å². The van der Waals surface area contributed by atoms with E-state index in [9.17, 15) is 8.42 Å². The summed E-state index contributed by atoms with van der Waals surface area (Å²) in [6.07, 6.45) is 0. The topological polar surface area (TPSA) is 60.0 Å². The second-order valence-electron chi connectivity index (χ2n) is 5.05. The minimum Gasteiger partial charge on any atom is -0.189 e. The Morgan fingerprint density at radius 2 is 1.55 bits per heavy atom. The molecule has 2 N–H and O–H groups in total. The number of benzene rings is 3. The molecule has 3 rings (SSSR count). The number of aryl methyl sites for hydroxylation is 1. The summed E-state index contributed by atoms with van der Waals surface area (Å²) < 4.78 is 29.5. The molecule has 0 aliphatic carbocycles. The van der Waals surface area contributed by atoms with Gasteiger partial charge in [-0.1, -0.05) is 52.3 Å². The zero-order valence-corrected chi connectivity index (χ0v) is 12.9. The first-order valence-electron chi connectivity index (χ1n) is 6.87. The van der Waals surface area contributed by atoms with Gasteiger partial charge in [0.1, 0.15) is 0 Å². The van der Waals surface area contributed by atoms with Crippen LogP contribution >= 0.6 is 0 Å². The molecule has 4 nitrogen and oxygen atoms in total. The first kappa shape index (κ1) is 14.7. The first-order valence-corrected chi connectivity index (χ1v) is 8.28. The van der Waals surface area contributed by atoms with Crippen molar-refractivity contribution >= 4 is 26.6 Å². The van der Waals surface area contributed by atoms with E-state index in [2.05, 4.69) is 0 Å². The number of rotatable bonds is 4. The van der Waals surface area contributed by atoms with Gasteiger partial charge < -0.3 is 0 Å². The van der Waals surface area contributed by atoms with Gasteiger partial charge in [-0.05, 0) is 30.5 Å². The maximum atomic E-state index is 12.2. The molecule has 0 spiro atoms. The molecule has 22 heavy (non-hydrogen) atoms. The fourth-order valence-corrected chi connectivity index (χ4v) is 3.04. The molecule has 3 aromatic rings. The van der Waals surface area contributed by atoms with E-state index in [-0.39, 0.29) is 4.90 Å². The molecule has 0 unspecified atom stereocenters. The van der Waals surface area contributed by atoms with Crippen molar-refractivity contribution in [2.45, 2.75) is 11.8 Å². The van der Waals surface area contributed by atoms with Gasteiger partial charge in [-0.3, -0.25) is 0 Å². The smallest absolute Gasteiger partial charge is 0.189 e. The third-order valence-electron chi connectivity index (χ3n) is 3.43. The van der Waals surface area contributed by atoms with Crippen molar-refractivity contribution in [2.24, 2.45) is 0 Å². The van der Waals surface area contributed by atoms with E-state index in [1.54, 1.807) is 24.3 Å². The lowest BCUT2D eigenvalue weighted by Crippen LogP contribution is -2.77. The van der Waals surface area contributed by atoms with Crippen LogP contribution in [0.5, 0.6) is 0 Å². The van der Waals surface area contributed by atoms with Crippen LogP contribution in [0.4, 0.5) is 5.69 Å². The number of quaternary nitrogens is 1. The van der Waals surface area contributed by atoms with Crippen LogP contribution in [-0.4, -0.2) is 8.42 Å². The van der Waals surface area contributed by atoms with Crippen LogP contribution in [0.15, 0.2) is 71.6 Å². The Kier molecular flexibility index (Phi) is 3.94. The Bertz CT molecular complexity index is 897. The number of hydrogen-bond acceptors (Lipinski definition) is 3. The lowest BCUT2D eigenvalue weighted by Gasteiger charge is -2.05. The number of fused-ring (bicyclic) bond motifs is 1. The third kappa shape index (κ3) is 3.01. The molecule has 5 heteroatoms. The summed E-state index contributed by atoms with van der Waals surface area (Å²) in [6, 6.07) is 20.0. The summed E-state index contributed by atoms with van der Waals surface area (Å²) >= 11 is 0. The fraction of sp³-hybridized carbons (Fsp3) is 0.0588. The SMILES string of the molecule is Cc1ccc(S(=O)(=O)O[NH2+]c2cccc3ccccc23)cc1. The zero-order chi connectivity index (χ0) is 15.6. The van der Waals surface area contributed by atoms with Gasteiger partial charge in [0.15, 0.2) is 5.69 Å². The molecule has 0 amide bonds. The molecule has 0 aliphatic heterocycles. The van der Waals surface area contributed by atoms with Crippen molar-refractivity contribution in [2.75, 3.05) is 0 Å². The molecule has 0 saturated carbocycles. The van der Waals surface area contributed by atoms with Crippen molar-refractivity contribution in [3.63, 3.8) is 0 Å². The monoisotopic (exact) mass is 314 g/mol. The van der Waals surface area contributed by atoms with Gasteiger partial charge in [-0.15, -0.1) is 5.48 Å². The van der Waals surface area contributed by atoms with Crippen LogP contribution in [0.3, 0.4) is 0 Å². The molecular weight excluding hydrogens is 298 g/mol. The average molecular weight is 314 g/mol. The largest absolute Gasteiger partial charge is 0.343 e. The van der Waals surface area contributed by atoms with E-state index in [4.69, 9.17) is 4.28 Å². The summed E-state index contributed by atoms with van der Waals surface area (Å²) in [7, 11) is -3.80. The highest BCUT2D eigenvalue weighted by Crippen LogP contribution is 2.19. The van der Waals surface area contributed by atoms with Gasteiger partial charge in [-0.2, -0.15) is 8.42 Å². The summed E-state index contributed by atoms with van der Waals surface area (Å²) in [6.45, 7) is 1.90. The van der Waals surface area contributed by atoms with E-state index in [0.29, 0.717) is 0 Å². The lowest BCUT2D eigenvalue weighted by molar-refractivity contribution is -0.794. The van der Waals surface area contributed by atoms with Gasteiger partial charge in [0, 0.05) is 11.5 Å². The van der Waals surface area contributed by atoms with E-state index < -0.39 is 10.1 Å². The van der Waals surface area contributed by atoms with E-state index >= 15 is 0 Å². The minimum absolute atomic E-state index is 0.148. The summed E-state index contributed by atoms with van der Waals surface area (Å²) in [5.74, 6) is 0. The van der Waals surface area contributed by atoms with Crippen molar-refractivity contribution < 1.29 is 18.2 Å². The molecule has 0 atom stereocenters. The lowest BCUT2D eigenvalue weighted by atomic mass is 10.1. The summed E-state index contributed by atoms with van der Waals surface area (Å²) in [4.78, 5) is 0.148. The van der Waals surface area contributed by atoms with Gasteiger partial charge in [-0.25, -0.2) is 0 Å². The molecule has 0 fully saturated rings. The molecule has 0 heterocycles. The average Bonchev–Trinajstić information content (AvgIpc) is 2.53. The predicted octanol–water partition coefficient (Wildman–Crippen LogP) is 2.66. The third-order valence-corrected chi connectivity index (χ3v) is 4.63. The van der Waals surface area contributed by atoms with Crippen molar-refractivity contribution in [3.05, 3.63) is 72.3 Å². The molecule has 0 radical (unpaired) electrons. The molecule has 0 aromatic heterocycles. The summed E-state index contributed by atoms with van der Waals surface area (Å²) in [5.41, 5.74) is 3.02. The number of nitrogens with two attached hydrogens (primary N) is 1. The second-order valence-corrected chi connectivity index (χ2v) is 6.62. The Morgan fingerprint density at radius 1 is 0.864 bits per heavy atom. The molecule has 3 aromatic carbocycles. The van der Waals surface area contributed by atoms with Gasteiger partial charge >= 0.3 is 10.1 Å². The number of hydrogen-bond donors (Lipinski definition) is 1. The van der Waals surface area contributed by atoms with Crippen LogP contribution in [-0.2, 0) is 14.4 Å². The summed E-state index contributed by atoms with van der Waals surface area (Å²) in [5, 5.41) is 1.98. The fourth-order valence-electron chi connectivity index (χ4n) is 2.23. The van der Waals surface area contributed by atoms with Crippen molar-refractivity contribution in [3.8, 4) is 0 Å². The second kappa shape index (κ2) is 5.88. The Morgan fingerprint density at radius 3 is 2.32 bits per heavy atom. The first-order chi connectivity index (χ1) is 10.6. The predicted molar refractivity (Wildman–Crippen MR) is 85.0 cm³/mol. The normalized spacial score (nSPS) is 11.7. The highest BCUT2D eigenvalue weighted by molar-refractivity contribution is 7.86. The zero-order valence-electron chi connectivity index (χ0n) is 12.1. The Hall–Kier alpha value is -2.21. The van der Waals surface area contributed by atoms with Crippen LogP contribution in [0.1, 0.15) is 5.56 Å². The Balaban J connectivity index is 1.86. The molecule has 0 bridgehead atoms. The Labute approximate surface area is 129 Å². The molecule has 112 valence electrons. The standard InChI is InChI=1S/C17H15NO3S/c1-13-9-11-15(12-10-13)22(19,20)21-18-17-8-4-6-14-5-2-3-7-16(14)17/h2-12,18H,1H3/p+1. The van der Waals surface area contributed by atoms with Crippen LogP contribution < -0.4 is 5.48 Å². The van der Waals surface area contributed by atoms with Crippen molar-refractivity contribution in [1.29, 1.82) is 0 Å². The van der Waals surface area contributed by atoms with Crippen molar-refractivity contribution in [1.82, 2.24) is 0 Å². The van der Waals surface area contributed by atoms with E-state index in [1.807, 2.05) is 49.4 Å². The van der Waals surface area contributed by atoms with Gasteiger partial charge in [0.05, 0.1) is 4.90 Å². The van der Waals surface area contributed by atoms with Crippen LogP contribution in [0.2, 0.25) is 0 Å². The highest BCUT2D eigenvalue weighted by atomic mass is 32.2. The molecular formula is C17H16NO3S+. The molecule has 0 saturated heterocycles.